The highest BCUT2D eigenvalue weighted by Crippen LogP contribution is 2.34. The first-order valence-corrected chi connectivity index (χ1v) is 6.79. The molecule has 0 aliphatic rings. The van der Waals surface area contributed by atoms with E-state index in [0.29, 0.717) is 0 Å². The van der Waals surface area contributed by atoms with Gasteiger partial charge in [-0.1, -0.05) is 39.0 Å². The number of rotatable bonds is 1. The quantitative estimate of drug-likeness (QED) is 0.596. The summed E-state index contributed by atoms with van der Waals surface area (Å²) in [7, 11) is 0. The van der Waals surface area contributed by atoms with Gasteiger partial charge < -0.3 is 0 Å². The molecule has 2 aromatic rings. The van der Waals surface area contributed by atoms with Crippen molar-refractivity contribution in [3.63, 3.8) is 0 Å². The lowest BCUT2D eigenvalue weighted by molar-refractivity contribution is 0.603. The standard InChI is InChI=1S/C16H19S/c1-12-10-14(13-8-6-5-7-9-13)17-15(11-12)16(2,3)4/h5-11H,1-4H3/q+1. The highest BCUT2D eigenvalue weighted by atomic mass is 32.1. The van der Waals surface area contributed by atoms with Crippen molar-refractivity contribution >= 4 is 11.3 Å². The molecule has 0 amide bonds. The normalized spacial score (nSPS) is 11.5. The molecule has 0 fully saturated rings. The van der Waals surface area contributed by atoms with Crippen LogP contribution in [-0.2, 0) is 5.41 Å². The molecule has 0 nitrogen and oxygen atoms in total. The van der Waals surface area contributed by atoms with Gasteiger partial charge in [-0.3, -0.25) is 0 Å². The Morgan fingerprint density at radius 2 is 1.59 bits per heavy atom. The fourth-order valence-corrected chi connectivity index (χ4v) is 3.03. The fourth-order valence-electron chi connectivity index (χ4n) is 1.75. The molecule has 0 aliphatic carbocycles. The highest BCUT2D eigenvalue weighted by Gasteiger charge is 2.26. The van der Waals surface area contributed by atoms with Crippen LogP contribution < -0.4 is 0 Å². The Hall–Kier alpha value is -1.21. The predicted molar refractivity (Wildman–Crippen MR) is 77.6 cm³/mol. The third kappa shape index (κ3) is 2.92. The predicted octanol–water partition coefficient (Wildman–Crippen LogP) is 5.30. The number of hydrogen-bond acceptors (Lipinski definition) is 0. The van der Waals surface area contributed by atoms with Gasteiger partial charge in [0.1, 0.15) is 0 Å². The molecule has 0 saturated heterocycles. The van der Waals surface area contributed by atoms with Crippen molar-refractivity contribution in [1.82, 2.24) is 0 Å². The lowest BCUT2D eigenvalue weighted by atomic mass is 9.94. The van der Waals surface area contributed by atoms with Gasteiger partial charge in [-0.25, -0.2) is 0 Å². The lowest BCUT2D eigenvalue weighted by Crippen LogP contribution is -2.09. The van der Waals surface area contributed by atoms with Crippen molar-refractivity contribution < 1.29 is 0 Å². The van der Waals surface area contributed by atoms with Crippen molar-refractivity contribution in [2.24, 2.45) is 0 Å². The lowest BCUT2D eigenvalue weighted by Gasteiger charge is -2.11. The Kier molecular flexibility index (Phi) is 3.30. The SMILES string of the molecule is Cc1cc(-c2ccccc2)[s+]c(C(C)(C)C)c1. The van der Waals surface area contributed by atoms with E-state index in [1.165, 1.54) is 20.9 Å². The summed E-state index contributed by atoms with van der Waals surface area (Å²) in [6.07, 6.45) is 0. The summed E-state index contributed by atoms with van der Waals surface area (Å²) in [5.41, 5.74) is 2.87. The van der Waals surface area contributed by atoms with Gasteiger partial charge in [0, 0.05) is 23.1 Å². The molecule has 0 bridgehead atoms. The molecule has 0 radical (unpaired) electrons. The van der Waals surface area contributed by atoms with Crippen LogP contribution in [-0.4, -0.2) is 0 Å². The molecule has 0 aliphatic heterocycles. The first kappa shape index (κ1) is 12.3. The Morgan fingerprint density at radius 1 is 0.941 bits per heavy atom. The summed E-state index contributed by atoms with van der Waals surface area (Å²) in [6.45, 7) is 8.99. The molecule has 0 spiro atoms. The van der Waals surface area contributed by atoms with E-state index in [1.54, 1.807) is 0 Å². The van der Waals surface area contributed by atoms with E-state index in [2.05, 4.69) is 70.2 Å². The van der Waals surface area contributed by atoms with Crippen LogP contribution in [0.2, 0.25) is 0 Å². The second-order valence-corrected chi connectivity index (χ2v) is 6.56. The number of aryl methyl sites for hydroxylation is 1. The van der Waals surface area contributed by atoms with Crippen LogP contribution >= 0.6 is 11.3 Å². The maximum absolute atomic E-state index is 2.30. The molecular formula is C16H19S+. The van der Waals surface area contributed by atoms with Crippen molar-refractivity contribution in [1.29, 1.82) is 0 Å². The molecule has 2 rings (SSSR count). The van der Waals surface area contributed by atoms with E-state index in [9.17, 15) is 0 Å². The zero-order chi connectivity index (χ0) is 12.5. The molecule has 0 N–H and O–H groups in total. The summed E-state index contributed by atoms with van der Waals surface area (Å²) in [4.78, 5) is 2.80. The van der Waals surface area contributed by atoms with Crippen molar-refractivity contribution in [2.75, 3.05) is 0 Å². The second kappa shape index (κ2) is 4.58. The van der Waals surface area contributed by atoms with Gasteiger partial charge in [0.05, 0.1) is 0 Å². The zero-order valence-electron chi connectivity index (χ0n) is 10.9. The third-order valence-corrected chi connectivity index (χ3v) is 4.26. The van der Waals surface area contributed by atoms with Crippen LogP contribution in [0.25, 0.3) is 10.4 Å². The topological polar surface area (TPSA) is 0 Å². The molecule has 88 valence electrons. The van der Waals surface area contributed by atoms with Crippen molar-refractivity contribution in [2.45, 2.75) is 33.1 Å². The maximum Gasteiger partial charge on any atom is 0.238 e. The van der Waals surface area contributed by atoms with Crippen LogP contribution in [0.1, 0.15) is 31.2 Å². The van der Waals surface area contributed by atoms with Crippen molar-refractivity contribution in [3.8, 4) is 10.4 Å². The minimum atomic E-state index is 0.222. The Morgan fingerprint density at radius 3 is 2.18 bits per heavy atom. The molecule has 1 heteroatoms. The zero-order valence-corrected chi connectivity index (χ0v) is 11.8. The first-order valence-electron chi connectivity index (χ1n) is 5.97. The van der Waals surface area contributed by atoms with Gasteiger partial charge in [-0.2, -0.15) is 0 Å². The van der Waals surface area contributed by atoms with Gasteiger partial charge in [0.15, 0.2) is 0 Å². The van der Waals surface area contributed by atoms with Gasteiger partial charge in [-0.15, -0.1) is 0 Å². The molecule has 1 heterocycles. The van der Waals surface area contributed by atoms with E-state index in [-0.39, 0.29) is 5.41 Å². The van der Waals surface area contributed by atoms with E-state index >= 15 is 0 Å². The Balaban J connectivity index is 2.54. The summed E-state index contributed by atoms with van der Waals surface area (Å²) in [5.74, 6) is 0. The second-order valence-electron chi connectivity index (χ2n) is 5.48. The molecule has 0 unspecified atom stereocenters. The van der Waals surface area contributed by atoms with Gasteiger partial charge in [0.25, 0.3) is 0 Å². The minimum absolute atomic E-state index is 0.222. The maximum atomic E-state index is 2.30. The molecular weight excluding hydrogens is 224 g/mol. The van der Waals surface area contributed by atoms with E-state index < -0.39 is 0 Å². The fraction of sp³-hybridized carbons (Fsp3) is 0.312. The molecule has 1 aromatic heterocycles. The minimum Gasteiger partial charge on any atom is -0.0622 e. The van der Waals surface area contributed by atoms with E-state index in [4.69, 9.17) is 0 Å². The van der Waals surface area contributed by atoms with Crippen LogP contribution in [0.3, 0.4) is 0 Å². The van der Waals surface area contributed by atoms with Gasteiger partial charge >= 0.3 is 0 Å². The van der Waals surface area contributed by atoms with Gasteiger partial charge in [0.2, 0.25) is 21.1 Å². The monoisotopic (exact) mass is 243 g/mol. The average molecular weight is 243 g/mol. The molecule has 0 atom stereocenters. The number of hydrogen-bond donors (Lipinski definition) is 0. The smallest absolute Gasteiger partial charge is 0.0622 e. The molecule has 0 saturated carbocycles. The van der Waals surface area contributed by atoms with E-state index in [1.807, 2.05) is 11.3 Å². The Labute approximate surface area is 108 Å². The summed E-state index contributed by atoms with van der Waals surface area (Å²) < 4.78 is 0. The summed E-state index contributed by atoms with van der Waals surface area (Å²) in [6, 6.07) is 15.2. The highest BCUT2D eigenvalue weighted by molar-refractivity contribution is 7.15. The van der Waals surface area contributed by atoms with Crippen LogP contribution in [0.5, 0.6) is 0 Å². The van der Waals surface area contributed by atoms with Crippen molar-refractivity contribution in [3.05, 3.63) is 52.9 Å². The number of benzene rings is 1. The van der Waals surface area contributed by atoms with Crippen LogP contribution in [0.15, 0.2) is 42.5 Å². The summed E-state index contributed by atoms with van der Waals surface area (Å²) in [5, 5.41) is 0. The first-order chi connectivity index (χ1) is 7.97. The van der Waals surface area contributed by atoms with Crippen LogP contribution in [0.4, 0.5) is 0 Å². The molecule has 1 aromatic carbocycles. The summed E-state index contributed by atoms with van der Waals surface area (Å²) >= 11 is 1.90. The van der Waals surface area contributed by atoms with E-state index in [0.717, 1.165) is 0 Å². The molecule has 17 heavy (non-hydrogen) atoms. The largest absolute Gasteiger partial charge is 0.238 e. The van der Waals surface area contributed by atoms with Gasteiger partial charge in [-0.05, 0) is 24.6 Å². The Bertz CT molecular complexity index is 507. The third-order valence-electron chi connectivity index (χ3n) is 2.73. The average Bonchev–Trinajstić information content (AvgIpc) is 2.28. The van der Waals surface area contributed by atoms with Crippen LogP contribution in [0, 0.1) is 6.92 Å².